The Morgan fingerprint density at radius 2 is 1.77 bits per heavy atom. The summed E-state index contributed by atoms with van der Waals surface area (Å²) in [5.74, 6) is 0.432. The molecule has 0 fully saturated rings. The number of para-hydroxylation sites is 1. The molecule has 1 amide bonds. The van der Waals surface area contributed by atoms with E-state index in [-0.39, 0.29) is 5.91 Å². The van der Waals surface area contributed by atoms with Crippen molar-refractivity contribution in [1.29, 1.82) is 0 Å². The first-order chi connectivity index (χ1) is 12.7. The smallest absolute Gasteiger partial charge is 0.271 e. The maximum Gasteiger partial charge on any atom is 0.271 e. The van der Waals surface area contributed by atoms with Gasteiger partial charge in [0.25, 0.3) is 5.91 Å². The third kappa shape index (κ3) is 5.04. The third-order valence-electron chi connectivity index (χ3n) is 3.61. The van der Waals surface area contributed by atoms with E-state index < -0.39 is 0 Å². The highest BCUT2D eigenvalue weighted by molar-refractivity contribution is 9.10. The van der Waals surface area contributed by atoms with Crippen LogP contribution in [0.4, 0.5) is 0 Å². The molecule has 0 aromatic heterocycles. The number of ether oxygens (including phenoxy) is 1. The van der Waals surface area contributed by atoms with E-state index in [1.165, 1.54) is 0 Å². The molecule has 0 saturated carbocycles. The van der Waals surface area contributed by atoms with Crippen LogP contribution in [0.25, 0.3) is 0 Å². The van der Waals surface area contributed by atoms with Gasteiger partial charge in [0.05, 0.1) is 6.21 Å². The molecule has 3 rings (SSSR count). The molecule has 4 nitrogen and oxygen atoms in total. The van der Waals surface area contributed by atoms with Crippen LogP contribution in [-0.2, 0) is 6.61 Å². The van der Waals surface area contributed by atoms with E-state index in [2.05, 4.69) is 26.5 Å². The zero-order chi connectivity index (χ0) is 18.2. The van der Waals surface area contributed by atoms with Crippen LogP contribution in [0.15, 0.2) is 88.4 Å². The first-order valence-electron chi connectivity index (χ1n) is 8.07. The Balaban J connectivity index is 1.64. The fourth-order valence-corrected chi connectivity index (χ4v) is 2.71. The predicted molar refractivity (Wildman–Crippen MR) is 106 cm³/mol. The maximum absolute atomic E-state index is 12.1. The van der Waals surface area contributed by atoms with Crippen LogP contribution in [0.1, 0.15) is 21.5 Å². The van der Waals surface area contributed by atoms with Crippen LogP contribution in [0.3, 0.4) is 0 Å². The third-order valence-corrected chi connectivity index (χ3v) is 4.11. The molecule has 0 aliphatic rings. The van der Waals surface area contributed by atoms with Gasteiger partial charge in [-0.2, -0.15) is 5.10 Å². The van der Waals surface area contributed by atoms with Gasteiger partial charge in [0.1, 0.15) is 12.4 Å². The minimum atomic E-state index is -0.273. The van der Waals surface area contributed by atoms with E-state index in [1.54, 1.807) is 24.4 Å². The van der Waals surface area contributed by atoms with E-state index in [0.717, 1.165) is 15.6 Å². The summed E-state index contributed by atoms with van der Waals surface area (Å²) in [4.78, 5) is 12.1. The molecule has 1 N–H and O–H groups in total. The average Bonchev–Trinajstić information content (AvgIpc) is 2.68. The summed E-state index contributed by atoms with van der Waals surface area (Å²) < 4.78 is 6.71. The molecule has 0 saturated heterocycles. The summed E-state index contributed by atoms with van der Waals surface area (Å²) in [7, 11) is 0. The largest absolute Gasteiger partial charge is 0.488 e. The summed E-state index contributed by atoms with van der Waals surface area (Å²) >= 11 is 3.35. The van der Waals surface area contributed by atoms with E-state index in [4.69, 9.17) is 4.74 Å². The van der Waals surface area contributed by atoms with Gasteiger partial charge in [0.15, 0.2) is 0 Å². The maximum atomic E-state index is 12.1. The fraction of sp³-hybridized carbons (Fsp3) is 0.0476. The van der Waals surface area contributed by atoms with Gasteiger partial charge in [0.2, 0.25) is 0 Å². The minimum absolute atomic E-state index is 0.273. The lowest BCUT2D eigenvalue weighted by Gasteiger charge is -2.09. The quantitative estimate of drug-likeness (QED) is 0.470. The number of carbonyl (C=O) groups is 1. The van der Waals surface area contributed by atoms with Gasteiger partial charge in [-0.15, -0.1) is 0 Å². The predicted octanol–water partition coefficient (Wildman–Crippen LogP) is 4.79. The Bertz CT molecular complexity index is 911. The van der Waals surface area contributed by atoms with Gasteiger partial charge in [-0.25, -0.2) is 5.43 Å². The summed E-state index contributed by atoms with van der Waals surface area (Å²) in [6, 6.07) is 24.6. The molecule has 5 heteroatoms. The van der Waals surface area contributed by atoms with Crippen molar-refractivity contribution in [2.45, 2.75) is 6.61 Å². The van der Waals surface area contributed by atoms with Crippen molar-refractivity contribution in [3.63, 3.8) is 0 Å². The highest BCUT2D eigenvalue weighted by atomic mass is 79.9. The van der Waals surface area contributed by atoms with E-state index in [1.807, 2.05) is 60.7 Å². The Labute approximate surface area is 160 Å². The van der Waals surface area contributed by atoms with Gasteiger partial charge in [0, 0.05) is 15.6 Å². The number of benzene rings is 3. The van der Waals surface area contributed by atoms with Crippen LogP contribution < -0.4 is 10.2 Å². The highest BCUT2D eigenvalue weighted by Gasteiger charge is 2.05. The zero-order valence-corrected chi connectivity index (χ0v) is 15.5. The van der Waals surface area contributed by atoms with Crippen molar-refractivity contribution < 1.29 is 9.53 Å². The number of halogens is 1. The second-order valence-corrected chi connectivity index (χ2v) is 6.44. The van der Waals surface area contributed by atoms with Gasteiger partial charge < -0.3 is 4.74 Å². The number of nitrogens with one attached hydrogen (secondary N) is 1. The number of hydrogen-bond donors (Lipinski definition) is 1. The molecule has 0 atom stereocenters. The summed E-state index contributed by atoms with van der Waals surface area (Å²) in [5.41, 5.74) is 4.94. The fourth-order valence-electron chi connectivity index (χ4n) is 2.31. The molecule has 0 radical (unpaired) electrons. The van der Waals surface area contributed by atoms with Crippen LogP contribution in [0.2, 0.25) is 0 Å². The number of nitrogens with zero attached hydrogens (tertiary/aromatic N) is 1. The number of rotatable bonds is 6. The van der Waals surface area contributed by atoms with Crippen molar-refractivity contribution >= 4 is 28.1 Å². The first-order valence-corrected chi connectivity index (χ1v) is 8.86. The summed E-state index contributed by atoms with van der Waals surface area (Å²) in [6.07, 6.45) is 1.58. The minimum Gasteiger partial charge on any atom is -0.488 e. The monoisotopic (exact) mass is 408 g/mol. The average molecular weight is 409 g/mol. The molecule has 3 aromatic carbocycles. The van der Waals surface area contributed by atoms with Gasteiger partial charge in [-0.05, 0) is 35.9 Å². The number of amides is 1. The standard InChI is InChI=1S/C21H17BrN2O2/c22-19-11-6-10-17(13-19)21(25)24-23-14-18-9-4-5-12-20(18)26-15-16-7-2-1-3-8-16/h1-14H,15H2,(H,24,25)/b23-14+. The highest BCUT2D eigenvalue weighted by Crippen LogP contribution is 2.17. The van der Waals surface area contributed by atoms with Crippen molar-refractivity contribution in [1.82, 2.24) is 5.43 Å². The molecule has 0 heterocycles. The topological polar surface area (TPSA) is 50.7 Å². The van der Waals surface area contributed by atoms with Gasteiger partial charge in [-0.3, -0.25) is 4.79 Å². The summed E-state index contributed by atoms with van der Waals surface area (Å²) in [6.45, 7) is 0.468. The number of carbonyl (C=O) groups excluding carboxylic acids is 1. The molecule has 3 aromatic rings. The first kappa shape index (κ1) is 17.9. The van der Waals surface area contributed by atoms with Crippen LogP contribution in [0.5, 0.6) is 5.75 Å². The van der Waals surface area contributed by atoms with Crippen molar-refractivity contribution in [2.24, 2.45) is 5.10 Å². The lowest BCUT2D eigenvalue weighted by Crippen LogP contribution is -2.17. The molecular formula is C21H17BrN2O2. The van der Waals surface area contributed by atoms with Crippen LogP contribution in [0, 0.1) is 0 Å². The zero-order valence-electron chi connectivity index (χ0n) is 13.9. The Hall–Kier alpha value is -2.92. The molecule has 0 spiro atoms. The van der Waals surface area contributed by atoms with Crippen molar-refractivity contribution in [3.8, 4) is 5.75 Å². The summed E-state index contributed by atoms with van der Waals surface area (Å²) in [5, 5.41) is 4.04. The molecule has 0 unspecified atom stereocenters. The molecule has 0 aliphatic carbocycles. The van der Waals surface area contributed by atoms with E-state index in [0.29, 0.717) is 17.9 Å². The van der Waals surface area contributed by atoms with Crippen LogP contribution in [-0.4, -0.2) is 12.1 Å². The van der Waals surface area contributed by atoms with Gasteiger partial charge >= 0.3 is 0 Å². The van der Waals surface area contributed by atoms with Gasteiger partial charge in [-0.1, -0.05) is 64.5 Å². The Morgan fingerprint density at radius 1 is 1.00 bits per heavy atom. The van der Waals surface area contributed by atoms with Crippen molar-refractivity contribution in [3.05, 3.63) is 100 Å². The molecular weight excluding hydrogens is 392 g/mol. The Kier molecular flexibility index (Phi) is 6.17. The Morgan fingerprint density at radius 3 is 2.58 bits per heavy atom. The SMILES string of the molecule is O=C(N/N=C/c1ccccc1OCc1ccccc1)c1cccc(Br)c1. The normalized spacial score (nSPS) is 10.7. The molecule has 26 heavy (non-hydrogen) atoms. The second-order valence-electron chi connectivity index (χ2n) is 5.52. The van der Waals surface area contributed by atoms with E-state index in [9.17, 15) is 4.79 Å². The van der Waals surface area contributed by atoms with Crippen LogP contribution >= 0.6 is 15.9 Å². The number of hydrazone groups is 1. The van der Waals surface area contributed by atoms with E-state index >= 15 is 0 Å². The second kappa shape index (κ2) is 8.97. The molecule has 0 aliphatic heterocycles. The lowest BCUT2D eigenvalue weighted by atomic mass is 10.2. The van der Waals surface area contributed by atoms with Crippen molar-refractivity contribution in [2.75, 3.05) is 0 Å². The number of hydrogen-bond acceptors (Lipinski definition) is 3. The molecule has 0 bridgehead atoms. The molecule has 130 valence electrons. The lowest BCUT2D eigenvalue weighted by molar-refractivity contribution is 0.0955.